The van der Waals surface area contributed by atoms with Crippen LogP contribution in [0.3, 0.4) is 0 Å². The molecule has 0 aromatic heterocycles. The number of rotatable bonds is 6. The molecular formula is C17H26ClN3O5S. The van der Waals surface area contributed by atoms with Crippen LogP contribution in [0.25, 0.3) is 0 Å². The predicted octanol–water partition coefficient (Wildman–Crippen LogP) is 2.22. The first-order chi connectivity index (χ1) is 12.6. The number of aryl methyl sites for hydroxylation is 1. The summed E-state index contributed by atoms with van der Waals surface area (Å²) in [5.41, 5.74) is 1.24. The van der Waals surface area contributed by atoms with Crippen LogP contribution in [-0.2, 0) is 14.8 Å². The van der Waals surface area contributed by atoms with E-state index in [0.717, 1.165) is 5.56 Å². The summed E-state index contributed by atoms with van der Waals surface area (Å²) in [6, 6.07) is 2.78. The van der Waals surface area contributed by atoms with Crippen LogP contribution >= 0.6 is 11.6 Å². The van der Waals surface area contributed by atoms with Crippen molar-refractivity contribution in [2.75, 3.05) is 37.8 Å². The first kappa shape index (κ1) is 21.7. The number of morpholine rings is 1. The Labute approximate surface area is 165 Å². The van der Waals surface area contributed by atoms with E-state index in [9.17, 15) is 13.2 Å². The Morgan fingerprint density at radius 3 is 2.56 bits per heavy atom. The lowest BCUT2D eigenvalue weighted by Gasteiger charge is -2.34. The van der Waals surface area contributed by atoms with Crippen molar-refractivity contribution in [2.24, 2.45) is 0 Å². The molecule has 1 aliphatic heterocycles. The smallest absolute Gasteiger partial charge is 0.319 e. The molecule has 10 heteroatoms. The van der Waals surface area contributed by atoms with Gasteiger partial charge in [-0.2, -0.15) is 4.31 Å². The van der Waals surface area contributed by atoms with Crippen molar-refractivity contribution in [3.05, 3.63) is 22.7 Å². The average molecular weight is 420 g/mol. The summed E-state index contributed by atoms with van der Waals surface area (Å²) in [5, 5.41) is 5.73. The van der Waals surface area contributed by atoms with E-state index in [4.69, 9.17) is 21.1 Å². The molecule has 0 radical (unpaired) electrons. The van der Waals surface area contributed by atoms with Gasteiger partial charge >= 0.3 is 6.03 Å². The molecular weight excluding hydrogens is 394 g/mol. The third-order valence-corrected chi connectivity index (χ3v) is 6.37. The maximum atomic E-state index is 12.5. The highest BCUT2D eigenvalue weighted by Gasteiger charge is 2.30. The van der Waals surface area contributed by atoms with E-state index >= 15 is 0 Å². The number of carbonyl (C=O) groups excluding carboxylic acids is 1. The molecule has 152 valence electrons. The van der Waals surface area contributed by atoms with Crippen LogP contribution in [0.5, 0.6) is 5.75 Å². The SMILES string of the molecule is COc1cc(Cl)c(C)cc1NC(=O)NCCS(=O)(=O)N1CC(C)OC(C)C1. The van der Waals surface area contributed by atoms with Gasteiger partial charge in [-0.25, -0.2) is 13.2 Å². The Kier molecular flexibility index (Phi) is 7.32. The van der Waals surface area contributed by atoms with Gasteiger partial charge in [-0.3, -0.25) is 0 Å². The van der Waals surface area contributed by atoms with Gasteiger partial charge in [0.25, 0.3) is 0 Å². The summed E-state index contributed by atoms with van der Waals surface area (Å²) in [6.07, 6.45) is -0.305. The molecule has 1 aliphatic rings. The Hall–Kier alpha value is -1.55. The number of amides is 2. The van der Waals surface area contributed by atoms with Crippen molar-refractivity contribution >= 4 is 33.3 Å². The van der Waals surface area contributed by atoms with Crippen LogP contribution in [0.4, 0.5) is 10.5 Å². The van der Waals surface area contributed by atoms with E-state index < -0.39 is 16.1 Å². The minimum absolute atomic E-state index is 0.0107. The molecule has 1 saturated heterocycles. The molecule has 1 aromatic carbocycles. The van der Waals surface area contributed by atoms with Crippen LogP contribution in [0.1, 0.15) is 19.4 Å². The van der Waals surface area contributed by atoms with Crippen LogP contribution in [0, 0.1) is 6.92 Å². The molecule has 1 heterocycles. The number of benzene rings is 1. The van der Waals surface area contributed by atoms with E-state index in [1.165, 1.54) is 11.4 Å². The number of anilines is 1. The van der Waals surface area contributed by atoms with Gasteiger partial charge in [0, 0.05) is 30.7 Å². The van der Waals surface area contributed by atoms with Crippen molar-refractivity contribution in [1.82, 2.24) is 9.62 Å². The fraction of sp³-hybridized carbons (Fsp3) is 0.588. The number of halogens is 1. The molecule has 0 spiro atoms. The van der Waals surface area contributed by atoms with Gasteiger partial charge in [-0.05, 0) is 32.4 Å². The van der Waals surface area contributed by atoms with E-state index in [1.54, 1.807) is 12.1 Å². The van der Waals surface area contributed by atoms with E-state index in [-0.39, 0.29) is 24.5 Å². The van der Waals surface area contributed by atoms with Crippen molar-refractivity contribution in [3.8, 4) is 5.75 Å². The molecule has 2 N–H and O–H groups in total. The monoisotopic (exact) mass is 419 g/mol. The van der Waals surface area contributed by atoms with Gasteiger partial charge in [0.2, 0.25) is 10.0 Å². The normalized spacial score (nSPS) is 20.9. The summed E-state index contributed by atoms with van der Waals surface area (Å²) in [7, 11) is -2.00. The second kappa shape index (κ2) is 9.09. The zero-order valence-electron chi connectivity index (χ0n) is 15.9. The second-order valence-corrected chi connectivity index (χ2v) is 9.07. The lowest BCUT2D eigenvalue weighted by atomic mass is 10.2. The molecule has 8 nitrogen and oxygen atoms in total. The maximum Gasteiger partial charge on any atom is 0.319 e. The standard InChI is InChI=1S/C17H26ClN3O5S/c1-11-7-15(16(25-4)8-14(11)18)20-17(22)19-5-6-27(23,24)21-9-12(2)26-13(3)10-21/h7-8,12-13H,5-6,9-10H2,1-4H3,(H2,19,20,22). The topological polar surface area (TPSA) is 97.0 Å². The van der Waals surface area contributed by atoms with E-state index in [0.29, 0.717) is 29.5 Å². The fourth-order valence-corrected chi connectivity index (χ4v) is 4.52. The highest BCUT2D eigenvalue weighted by atomic mass is 35.5. The summed E-state index contributed by atoms with van der Waals surface area (Å²) in [6.45, 7) is 6.11. The lowest BCUT2D eigenvalue weighted by molar-refractivity contribution is -0.0440. The molecule has 1 fully saturated rings. The number of nitrogens with zero attached hydrogens (tertiary/aromatic N) is 1. The first-order valence-electron chi connectivity index (χ1n) is 8.64. The number of sulfonamides is 1. The molecule has 0 saturated carbocycles. The third-order valence-electron chi connectivity index (χ3n) is 4.15. The number of ether oxygens (including phenoxy) is 2. The Morgan fingerprint density at radius 2 is 1.96 bits per heavy atom. The number of carbonyl (C=O) groups is 1. The molecule has 0 bridgehead atoms. The number of urea groups is 1. The summed E-state index contributed by atoms with van der Waals surface area (Å²) < 4.78 is 37.1. The summed E-state index contributed by atoms with van der Waals surface area (Å²) in [4.78, 5) is 12.1. The highest BCUT2D eigenvalue weighted by molar-refractivity contribution is 7.89. The lowest BCUT2D eigenvalue weighted by Crippen LogP contribution is -2.49. The highest BCUT2D eigenvalue weighted by Crippen LogP contribution is 2.30. The Balaban J connectivity index is 1.90. The number of hydrogen-bond donors (Lipinski definition) is 2. The van der Waals surface area contributed by atoms with Crippen molar-refractivity contribution < 1.29 is 22.7 Å². The van der Waals surface area contributed by atoms with Crippen LogP contribution in [-0.4, -0.2) is 63.5 Å². The van der Waals surface area contributed by atoms with E-state index in [1.807, 2.05) is 20.8 Å². The first-order valence-corrected chi connectivity index (χ1v) is 10.6. The average Bonchev–Trinajstić information content (AvgIpc) is 2.57. The number of methoxy groups -OCH3 is 1. The molecule has 2 atom stereocenters. The summed E-state index contributed by atoms with van der Waals surface area (Å²) >= 11 is 6.04. The molecule has 0 aliphatic carbocycles. The fourth-order valence-electron chi connectivity index (χ4n) is 2.88. The van der Waals surface area contributed by atoms with Gasteiger partial charge in [0.1, 0.15) is 5.75 Å². The van der Waals surface area contributed by atoms with Gasteiger partial charge < -0.3 is 20.1 Å². The van der Waals surface area contributed by atoms with Crippen LogP contribution < -0.4 is 15.4 Å². The third kappa shape index (κ3) is 5.97. The van der Waals surface area contributed by atoms with Gasteiger partial charge in [0.15, 0.2) is 0 Å². The molecule has 2 amide bonds. The van der Waals surface area contributed by atoms with Crippen LogP contribution in [0.15, 0.2) is 12.1 Å². The van der Waals surface area contributed by atoms with Gasteiger partial charge in [-0.1, -0.05) is 11.6 Å². The Morgan fingerprint density at radius 1 is 1.33 bits per heavy atom. The largest absolute Gasteiger partial charge is 0.495 e. The quantitative estimate of drug-likeness (QED) is 0.736. The molecule has 27 heavy (non-hydrogen) atoms. The molecule has 2 unspecified atom stereocenters. The zero-order valence-corrected chi connectivity index (χ0v) is 17.5. The zero-order chi connectivity index (χ0) is 20.2. The number of hydrogen-bond acceptors (Lipinski definition) is 5. The maximum absolute atomic E-state index is 12.5. The minimum Gasteiger partial charge on any atom is -0.495 e. The summed E-state index contributed by atoms with van der Waals surface area (Å²) in [5.74, 6) is 0.237. The second-order valence-electron chi connectivity index (χ2n) is 6.57. The van der Waals surface area contributed by atoms with Crippen molar-refractivity contribution in [3.63, 3.8) is 0 Å². The van der Waals surface area contributed by atoms with Crippen molar-refractivity contribution in [2.45, 2.75) is 33.0 Å². The van der Waals surface area contributed by atoms with Gasteiger partial charge in [0.05, 0.1) is 30.8 Å². The molecule has 2 rings (SSSR count). The predicted molar refractivity (Wildman–Crippen MR) is 105 cm³/mol. The minimum atomic E-state index is -3.47. The van der Waals surface area contributed by atoms with Gasteiger partial charge in [-0.15, -0.1) is 0 Å². The van der Waals surface area contributed by atoms with E-state index in [2.05, 4.69) is 10.6 Å². The van der Waals surface area contributed by atoms with Crippen molar-refractivity contribution in [1.29, 1.82) is 0 Å². The molecule has 1 aromatic rings. The van der Waals surface area contributed by atoms with Crippen LogP contribution in [0.2, 0.25) is 5.02 Å². The number of nitrogens with one attached hydrogen (secondary N) is 2. The Bertz CT molecular complexity index is 777.